The van der Waals surface area contributed by atoms with Crippen molar-refractivity contribution in [3.05, 3.63) is 52.3 Å². The topological polar surface area (TPSA) is 38.1 Å². The Labute approximate surface area is 119 Å². The van der Waals surface area contributed by atoms with Crippen LogP contribution in [0.4, 0.5) is 4.39 Å². The minimum atomic E-state index is -0.528. The minimum absolute atomic E-state index is 0.0473. The number of nitrogens with zero attached hydrogens (tertiary/aromatic N) is 3. The zero-order chi connectivity index (χ0) is 14.0. The highest BCUT2D eigenvalue weighted by molar-refractivity contribution is 9.10. The lowest BCUT2D eigenvalue weighted by atomic mass is 10.2. The maximum Gasteiger partial charge on any atom is 0.257 e. The van der Waals surface area contributed by atoms with E-state index in [0.29, 0.717) is 11.0 Å². The Morgan fingerprint density at radius 3 is 2.89 bits per heavy atom. The predicted octanol–water partition coefficient (Wildman–Crippen LogP) is 2.59. The summed E-state index contributed by atoms with van der Waals surface area (Å²) in [7, 11) is 3.47. The molecule has 0 aliphatic heterocycles. The van der Waals surface area contributed by atoms with Crippen molar-refractivity contribution in [1.82, 2.24) is 14.5 Å². The van der Waals surface area contributed by atoms with Crippen molar-refractivity contribution in [3.8, 4) is 0 Å². The predicted molar refractivity (Wildman–Crippen MR) is 73.1 cm³/mol. The molecule has 0 unspecified atom stereocenters. The van der Waals surface area contributed by atoms with E-state index in [1.165, 1.54) is 17.0 Å². The minimum Gasteiger partial charge on any atom is -0.337 e. The molecule has 1 aromatic carbocycles. The van der Waals surface area contributed by atoms with Crippen molar-refractivity contribution in [3.63, 3.8) is 0 Å². The number of carbonyl (C=O) groups excluding carboxylic acids is 1. The van der Waals surface area contributed by atoms with Gasteiger partial charge in [0.05, 0.1) is 12.1 Å². The lowest BCUT2D eigenvalue weighted by molar-refractivity contribution is 0.0776. The third kappa shape index (κ3) is 3.01. The number of carbonyl (C=O) groups is 1. The second-order valence-electron chi connectivity index (χ2n) is 4.24. The monoisotopic (exact) mass is 325 g/mol. The average molecular weight is 326 g/mol. The number of rotatable bonds is 3. The van der Waals surface area contributed by atoms with Gasteiger partial charge in [0.25, 0.3) is 5.91 Å². The third-order valence-corrected chi connectivity index (χ3v) is 3.30. The van der Waals surface area contributed by atoms with E-state index in [1.807, 2.05) is 11.6 Å². The Morgan fingerprint density at radius 2 is 2.26 bits per heavy atom. The summed E-state index contributed by atoms with van der Waals surface area (Å²) in [5, 5.41) is 0. The summed E-state index contributed by atoms with van der Waals surface area (Å²) in [6.07, 6.45) is 3.46. The van der Waals surface area contributed by atoms with Crippen molar-refractivity contribution in [2.24, 2.45) is 7.05 Å². The first-order valence-corrected chi connectivity index (χ1v) is 6.45. The van der Waals surface area contributed by atoms with Crippen molar-refractivity contribution in [1.29, 1.82) is 0 Å². The standard InChI is InChI=1S/C13H13BrFN3O/c1-17-6-5-16-12(17)8-18(2)13(19)10-7-9(14)3-4-11(10)15/h3-7H,8H2,1-2H3. The maximum absolute atomic E-state index is 13.6. The average Bonchev–Trinajstić information content (AvgIpc) is 2.77. The van der Waals surface area contributed by atoms with Gasteiger partial charge in [-0.15, -0.1) is 0 Å². The first kappa shape index (κ1) is 13.7. The van der Waals surface area contributed by atoms with Crippen LogP contribution in [0.25, 0.3) is 0 Å². The molecule has 2 rings (SSSR count). The quantitative estimate of drug-likeness (QED) is 0.870. The molecule has 0 aliphatic carbocycles. The molecule has 100 valence electrons. The molecule has 0 saturated heterocycles. The summed E-state index contributed by atoms with van der Waals surface area (Å²) in [6, 6.07) is 4.31. The molecule has 0 fully saturated rings. The number of imidazole rings is 1. The Balaban J connectivity index is 2.19. The number of amides is 1. The second kappa shape index (κ2) is 5.52. The van der Waals surface area contributed by atoms with Crippen LogP contribution in [0, 0.1) is 5.82 Å². The fraction of sp³-hybridized carbons (Fsp3) is 0.231. The molecule has 0 N–H and O–H groups in total. The van der Waals surface area contributed by atoms with Crippen LogP contribution in [-0.2, 0) is 13.6 Å². The number of hydrogen-bond donors (Lipinski definition) is 0. The van der Waals surface area contributed by atoms with Gasteiger partial charge in [-0.2, -0.15) is 0 Å². The molecule has 0 bridgehead atoms. The molecule has 0 spiro atoms. The van der Waals surface area contributed by atoms with Crippen LogP contribution >= 0.6 is 15.9 Å². The molecular weight excluding hydrogens is 313 g/mol. The Bertz CT molecular complexity index is 612. The van der Waals surface area contributed by atoms with Crippen molar-refractivity contribution < 1.29 is 9.18 Å². The van der Waals surface area contributed by atoms with Gasteiger partial charge in [0.1, 0.15) is 11.6 Å². The van der Waals surface area contributed by atoms with E-state index in [-0.39, 0.29) is 11.5 Å². The molecular formula is C13H13BrFN3O. The lowest BCUT2D eigenvalue weighted by Gasteiger charge is -2.17. The van der Waals surface area contributed by atoms with Crippen LogP contribution in [0.5, 0.6) is 0 Å². The van der Waals surface area contributed by atoms with Gasteiger partial charge in [-0.25, -0.2) is 9.37 Å². The van der Waals surface area contributed by atoms with Crippen LogP contribution < -0.4 is 0 Å². The van der Waals surface area contributed by atoms with Crippen molar-refractivity contribution in [2.75, 3.05) is 7.05 Å². The first-order valence-electron chi connectivity index (χ1n) is 5.65. The molecule has 1 heterocycles. The summed E-state index contributed by atoms with van der Waals surface area (Å²) in [5.41, 5.74) is 0.0473. The van der Waals surface area contributed by atoms with Crippen molar-refractivity contribution in [2.45, 2.75) is 6.54 Å². The molecule has 0 radical (unpaired) electrons. The highest BCUT2D eigenvalue weighted by atomic mass is 79.9. The summed E-state index contributed by atoms with van der Waals surface area (Å²) in [4.78, 5) is 17.8. The van der Waals surface area contributed by atoms with Crippen LogP contribution in [0.15, 0.2) is 35.1 Å². The van der Waals surface area contributed by atoms with Crippen LogP contribution in [-0.4, -0.2) is 27.4 Å². The SMILES string of the molecule is CN(Cc1nccn1C)C(=O)c1cc(Br)ccc1F. The van der Waals surface area contributed by atoms with E-state index in [9.17, 15) is 9.18 Å². The molecule has 0 aliphatic rings. The number of halogens is 2. The molecule has 0 atom stereocenters. The Morgan fingerprint density at radius 1 is 1.53 bits per heavy atom. The normalized spacial score (nSPS) is 10.5. The molecule has 2 aromatic rings. The number of aromatic nitrogens is 2. The van der Waals surface area contributed by atoms with Gasteiger partial charge in [0, 0.05) is 31.0 Å². The van der Waals surface area contributed by atoms with Crippen molar-refractivity contribution >= 4 is 21.8 Å². The molecule has 0 saturated carbocycles. The molecule has 1 amide bonds. The van der Waals surface area contributed by atoms with Gasteiger partial charge in [-0.05, 0) is 18.2 Å². The van der Waals surface area contributed by atoms with Gasteiger partial charge < -0.3 is 9.47 Å². The summed E-state index contributed by atoms with van der Waals surface area (Å²) < 4.78 is 16.1. The van der Waals surface area contributed by atoms with E-state index in [2.05, 4.69) is 20.9 Å². The van der Waals surface area contributed by atoms with Gasteiger partial charge >= 0.3 is 0 Å². The Kier molecular flexibility index (Phi) is 3.99. The summed E-state index contributed by atoms with van der Waals surface area (Å²) >= 11 is 3.23. The van der Waals surface area contributed by atoms with Gasteiger partial charge in [0.15, 0.2) is 0 Å². The highest BCUT2D eigenvalue weighted by Gasteiger charge is 2.17. The fourth-order valence-electron chi connectivity index (χ4n) is 1.70. The third-order valence-electron chi connectivity index (χ3n) is 2.81. The van der Waals surface area contributed by atoms with E-state index in [1.54, 1.807) is 25.5 Å². The molecule has 6 heteroatoms. The van der Waals surface area contributed by atoms with Gasteiger partial charge in [-0.1, -0.05) is 15.9 Å². The van der Waals surface area contributed by atoms with E-state index in [0.717, 1.165) is 5.82 Å². The summed E-state index contributed by atoms with van der Waals surface area (Å²) in [5.74, 6) is -0.159. The Hall–Kier alpha value is -1.69. The number of hydrogen-bond acceptors (Lipinski definition) is 2. The maximum atomic E-state index is 13.6. The second-order valence-corrected chi connectivity index (χ2v) is 5.16. The summed E-state index contributed by atoms with van der Waals surface area (Å²) in [6.45, 7) is 0.328. The van der Waals surface area contributed by atoms with Crippen LogP contribution in [0.3, 0.4) is 0 Å². The zero-order valence-corrected chi connectivity index (χ0v) is 12.2. The van der Waals surface area contributed by atoms with Crippen LogP contribution in [0.1, 0.15) is 16.2 Å². The fourth-order valence-corrected chi connectivity index (χ4v) is 2.06. The molecule has 1 aromatic heterocycles. The highest BCUT2D eigenvalue weighted by Crippen LogP contribution is 2.17. The van der Waals surface area contributed by atoms with E-state index >= 15 is 0 Å². The molecule has 4 nitrogen and oxygen atoms in total. The van der Waals surface area contributed by atoms with Crippen LogP contribution in [0.2, 0.25) is 0 Å². The number of aryl methyl sites for hydroxylation is 1. The number of benzene rings is 1. The van der Waals surface area contributed by atoms with E-state index in [4.69, 9.17) is 0 Å². The van der Waals surface area contributed by atoms with Gasteiger partial charge in [0.2, 0.25) is 0 Å². The van der Waals surface area contributed by atoms with Gasteiger partial charge in [-0.3, -0.25) is 4.79 Å². The lowest BCUT2D eigenvalue weighted by Crippen LogP contribution is -2.28. The smallest absolute Gasteiger partial charge is 0.257 e. The largest absolute Gasteiger partial charge is 0.337 e. The molecule has 19 heavy (non-hydrogen) atoms. The van der Waals surface area contributed by atoms with E-state index < -0.39 is 5.82 Å². The first-order chi connectivity index (χ1) is 8.99. The zero-order valence-electron chi connectivity index (χ0n) is 10.6.